The highest BCUT2D eigenvalue weighted by atomic mass is 35.5. The van der Waals surface area contributed by atoms with E-state index < -0.39 is 22.3 Å². The molecule has 0 fully saturated rings. The van der Waals surface area contributed by atoms with Crippen molar-refractivity contribution in [3.8, 4) is 5.75 Å². The number of methoxy groups -OCH3 is 1. The Morgan fingerprint density at radius 3 is 2.89 bits per heavy atom. The Morgan fingerprint density at radius 1 is 1.63 bits per heavy atom. The Morgan fingerprint density at radius 2 is 2.32 bits per heavy atom. The number of aromatic hydroxyl groups is 1. The van der Waals surface area contributed by atoms with Crippen LogP contribution in [-0.4, -0.2) is 35.9 Å². The van der Waals surface area contributed by atoms with Gasteiger partial charge in [0.25, 0.3) is 0 Å². The first-order valence-corrected chi connectivity index (χ1v) is 5.57. The van der Waals surface area contributed by atoms with E-state index in [9.17, 15) is 20.0 Å². The maximum Gasteiger partial charge on any atom is 0.312 e. The molecule has 8 heteroatoms. The second-order valence-corrected chi connectivity index (χ2v) is 3.92. The molecular formula is C11H11ClN2O5. The summed E-state index contributed by atoms with van der Waals surface area (Å²) in [5.41, 5.74) is -0.383. The number of esters is 1. The number of aliphatic imine (C=N–C) groups is 1. The summed E-state index contributed by atoms with van der Waals surface area (Å²) in [6, 6.07) is 2.38. The van der Waals surface area contributed by atoms with Crippen LogP contribution in [0.15, 0.2) is 17.1 Å². The molecule has 0 aliphatic rings. The van der Waals surface area contributed by atoms with Gasteiger partial charge < -0.3 is 9.84 Å². The van der Waals surface area contributed by atoms with E-state index >= 15 is 0 Å². The van der Waals surface area contributed by atoms with E-state index in [2.05, 4.69) is 9.73 Å². The van der Waals surface area contributed by atoms with Gasteiger partial charge in [0.15, 0.2) is 0 Å². The quantitative estimate of drug-likeness (QED) is 0.386. The van der Waals surface area contributed by atoms with Crippen LogP contribution in [0.4, 0.5) is 5.69 Å². The number of carbonyl (C=O) groups is 1. The first kappa shape index (κ1) is 14.9. The molecule has 1 aromatic rings. The van der Waals surface area contributed by atoms with Crippen molar-refractivity contribution in [2.75, 3.05) is 13.7 Å². The number of hydrogen-bond acceptors (Lipinski definition) is 6. The molecule has 0 aliphatic carbocycles. The summed E-state index contributed by atoms with van der Waals surface area (Å²) in [6.45, 7) is 0.145. The molecule has 7 nitrogen and oxygen atoms in total. The highest BCUT2D eigenvalue weighted by Gasteiger charge is 2.17. The van der Waals surface area contributed by atoms with Gasteiger partial charge in [0, 0.05) is 29.4 Å². The van der Waals surface area contributed by atoms with E-state index in [-0.39, 0.29) is 23.6 Å². The molecule has 0 radical (unpaired) electrons. The molecule has 0 heterocycles. The van der Waals surface area contributed by atoms with Gasteiger partial charge in [-0.2, -0.15) is 0 Å². The second-order valence-electron chi connectivity index (χ2n) is 3.48. The predicted octanol–water partition coefficient (Wildman–Crippen LogP) is 1.94. The van der Waals surface area contributed by atoms with E-state index in [0.29, 0.717) is 0 Å². The smallest absolute Gasteiger partial charge is 0.312 e. The van der Waals surface area contributed by atoms with E-state index in [1.165, 1.54) is 19.4 Å². The Kier molecular flexibility index (Phi) is 5.25. The van der Waals surface area contributed by atoms with Crippen LogP contribution >= 0.6 is 11.6 Å². The van der Waals surface area contributed by atoms with Crippen LogP contribution in [0.2, 0.25) is 5.02 Å². The fraction of sp³-hybridized carbons (Fsp3) is 0.273. The molecule has 0 saturated heterocycles. The zero-order chi connectivity index (χ0) is 14.4. The number of carbonyl (C=O) groups excluding carboxylic acids is 1. The number of hydrogen-bond donors (Lipinski definition) is 1. The molecule has 0 saturated carbocycles. The van der Waals surface area contributed by atoms with Crippen molar-refractivity contribution in [3.63, 3.8) is 0 Å². The average Bonchev–Trinajstić information content (AvgIpc) is 2.37. The number of rotatable bonds is 5. The van der Waals surface area contributed by atoms with Gasteiger partial charge in [-0.15, -0.1) is 0 Å². The minimum absolute atomic E-state index is 0.0798. The zero-order valence-corrected chi connectivity index (χ0v) is 10.8. The number of phenolic OH excluding ortho intramolecular Hbond substituents is 1. The minimum atomic E-state index is -0.743. The molecule has 0 aliphatic heterocycles. The van der Waals surface area contributed by atoms with Crippen molar-refractivity contribution in [1.82, 2.24) is 0 Å². The molecule has 0 amide bonds. The lowest BCUT2D eigenvalue weighted by atomic mass is 10.2. The average molecular weight is 287 g/mol. The van der Waals surface area contributed by atoms with Crippen LogP contribution < -0.4 is 0 Å². The Labute approximate surface area is 113 Å². The number of nitro groups is 1. The monoisotopic (exact) mass is 286 g/mol. The molecule has 1 aromatic carbocycles. The summed E-state index contributed by atoms with van der Waals surface area (Å²) in [7, 11) is 1.26. The SMILES string of the molecule is COC(=O)CCN=Cc1cc(Cl)cc([N+](=O)[O-])c1O. The van der Waals surface area contributed by atoms with Crippen molar-refractivity contribution >= 4 is 29.5 Å². The van der Waals surface area contributed by atoms with E-state index in [0.717, 1.165) is 6.07 Å². The number of nitrogens with zero attached hydrogens (tertiary/aromatic N) is 2. The highest BCUT2D eigenvalue weighted by Crippen LogP contribution is 2.32. The summed E-state index contributed by atoms with van der Waals surface area (Å²) in [5, 5.41) is 20.4. The molecule has 0 unspecified atom stereocenters. The van der Waals surface area contributed by atoms with Crippen LogP contribution in [0, 0.1) is 10.1 Å². The van der Waals surface area contributed by atoms with Crippen LogP contribution in [0.1, 0.15) is 12.0 Å². The third kappa shape index (κ3) is 4.22. The van der Waals surface area contributed by atoms with Crippen LogP contribution in [0.25, 0.3) is 0 Å². The number of benzene rings is 1. The topological polar surface area (TPSA) is 102 Å². The van der Waals surface area contributed by atoms with Gasteiger partial charge in [0.1, 0.15) is 0 Å². The molecule has 0 bridgehead atoms. The number of phenols is 1. The van der Waals surface area contributed by atoms with E-state index in [4.69, 9.17) is 11.6 Å². The molecule has 102 valence electrons. The van der Waals surface area contributed by atoms with Crippen molar-refractivity contribution in [2.45, 2.75) is 6.42 Å². The molecular weight excluding hydrogens is 276 g/mol. The van der Waals surface area contributed by atoms with E-state index in [1.807, 2.05) is 0 Å². The summed E-state index contributed by atoms with van der Waals surface area (Å²) < 4.78 is 4.42. The van der Waals surface area contributed by atoms with Gasteiger partial charge in [-0.3, -0.25) is 19.9 Å². The predicted molar refractivity (Wildman–Crippen MR) is 68.9 cm³/mol. The Hall–Kier alpha value is -2.15. The second kappa shape index (κ2) is 6.69. The number of ether oxygens (including phenoxy) is 1. The number of halogens is 1. The molecule has 0 spiro atoms. The third-order valence-electron chi connectivity index (χ3n) is 2.18. The van der Waals surface area contributed by atoms with Crippen LogP contribution in [0.5, 0.6) is 5.75 Å². The third-order valence-corrected chi connectivity index (χ3v) is 2.40. The van der Waals surface area contributed by atoms with Crippen molar-refractivity contribution in [2.24, 2.45) is 4.99 Å². The Bertz CT molecular complexity index is 530. The van der Waals surface area contributed by atoms with Crippen molar-refractivity contribution in [3.05, 3.63) is 32.8 Å². The summed E-state index contributed by atoms with van der Waals surface area (Å²) in [4.78, 5) is 24.6. The van der Waals surface area contributed by atoms with Gasteiger partial charge in [-0.05, 0) is 6.07 Å². The molecule has 1 rings (SSSR count). The Balaban J connectivity index is 2.86. The maximum absolute atomic E-state index is 10.8. The molecule has 19 heavy (non-hydrogen) atoms. The van der Waals surface area contributed by atoms with Gasteiger partial charge in [-0.25, -0.2) is 0 Å². The van der Waals surface area contributed by atoms with E-state index in [1.54, 1.807) is 0 Å². The summed E-state index contributed by atoms with van der Waals surface area (Å²) in [6.07, 6.45) is 1.30. The molecule has 1 N–H and O–H groups in total. The fourth-order valence-corrected chi connectivity index (χ4v) is 1.48. The lowest BCUT2D eigenvalue weighted by Crippen LogP contribution is -2.01. The highest BCUT2D eigenvalue weighted by molar-refractivity contribution is 6.31. The largest absolute Gasteiger partial charge is 0.502 e. The molecule has 0 atom stereocenters. The lowest BCUT2D eigenvalue weighted by molar-refractivity contribution is -0.385. The fourth-order valence-electron chi connectivity index (χ4n) is 1.26. The van der Waals surface area contributed by atoms with Gasteiger partial charge in [0.05, 0.1) is 18.5 Å². The maximum atomic E-state index is 10.8. The van der Waals surface area contributed by atoms with Crippen molar-refractivity contribution < 1.29 is 19.6 Å². The first-order valence-electron chi connectivity index (χ1n) is 5.19. The van der Waals surface area contributed by atoms with Crippen molar-refractivity contribution in [1.29, 1.82) is 0 Å². The van der Waals surface area contributed by atoms with Gasteiger partial charge >= 0.3 is 11.7 Å². The van der Waals surface area contributed by atoms with Crippen LogP contribution in [-0.2, 0) is 9.53 Å². The summed E-state index contributed by atoms with van der Waals surface area (Å²) in [5.74, 6) is -0.935. The standard InChI is InChI=1S/C11H11ClN2O5/c1-19-10(15)2-3-13-6-7-4-8(12)5-9(11(7)16)14(17)18/h4-6,16H,2-3H2,1H3. The summed E-state index contributed by atoms with van der Waals surface area (Å²) >= 11 is 5.70. The normalized spacial score (nSPS) is 10.6. The first-order chi connectivity index (χ1) is 8.95. The van der Waals surface area contributed by atoms with Gasteiger partial charge in [-0.1, -0.05) is 11.6 Å². The number of nitro benzene ring substituents is 1. The van der Waals surface area contributed by atoms with Gasteiger partial charge in [0.2, 0.25) is 5.75 Å². The zero-order valence-electron chi connectivity index (χ0n) is 10.00. The van der Waals surface area contributed by atoms with Crippen LogP contribution in [0.3, 0.4) is 0 Å². The minimum Gasteiger partial charge on any atom is -0.502 e. The molecule has 0 aromatic heterocycles. The lowest BCUT2D eigenvalue weighted by Gasteiger charge is -2.01.